The number of esters is 1. The van der Waals surface area contributed by atoms with Gasteiger partial charge in [0.15, 0.2) is 6.10 Å². The SMILES string of the molecule is CCc1ccccc1CN1CCC(C(O)C(=O)OC)CC1. The van der Waals surface area contributed by atoms with Crippen LogP contribution in [0.1, 0.15) is 30.9 Å². The van der Waals surface area contributed by atoms with Crippen molar-refractivity contribution >= 4 is 5.97 Å². The minimum atomic E-state index is -0.972. The van der Waals surface area contributed by atoms with Crippen LogP contribution in [0.15, 0.2) is 24.3 Å². The lowest BCUT2D eigenvalue weighted by atomic mass is 9.91. The molecule has 4 nitrogen and oxygen atoms in total. The summed E-state index contributed by atoms with van der Waals surface area (Å²) in [7, 11) is 1.32. The number of piperidine rings is 1. The molecule has 2 rings (SSSR count). The molecule has 1 heterocycles. The van der Waals surface area contributed by atoms with Gasteiger partial charge < -0.3 is 9.84 Å². The van der Waals surface area contributed by atoms with Crippen molar-refractivity contribution in [1.29, 1.82) is 0 Å². The van der Waals surface area contributed by atoms with E-state index in [4.69, 9.17) is 0 Å². The molecule has 1 fully saturated rings. The third-order valence-corrected chi connectivity index (χ3v) is 4.41. The van der Waals surface area contributed by atoms with E-state index < -0.39 is 12.1 Å². The Morgan fingerprint density at radius 3 is 2.52 bits per heavy atom. The van der Waals surface area contributed by atoms with Crippen molar-refractivity contribution in [2.45, 2.75) is 38.8 Å². The molecule has 1 unspecified atom stereocenters. The molecule has 21 heavy (non-hydrogen) atoms. The Hall–Kier alpha value is -1.39. The van der Waals surface area contributed by atoms with E-state index in [1.165, 1.54) is 18.2 Å². The molecular formula is C17H25NO3. The number of nitrogens with zero attached hydrogens (tertiary/aromatic N) is 1. The maximum Gasteiger partial charge on any atom is 0.334 e. The molecule has 1 atom stereocenters. The number of rotatable bonds is 5. The van der Waals surface area contributed by atoms with Crippen molar-refractivity contribution < 1.29 is 14.6 Å². The van der Waals surface area contributed by atoms with Crippen molar-refractivity contribution in [3.63, 3.8) is 0 Å². The zero-order valence-electron chi connectivity index (χ0n) is 12.9. The summed E-state index contributed by atoms with van der Waals surface area (Å²) in [4.78, 5) is 13.8. The van der Waals surface area contributed by atoms with Crippen molar-refractivity contribution in [3.05, 3.63) is 35.4 Å². The van der Waals surface area contributed by atoms with Crippen molar-refractivity contribution in [2.75, 3.05) is 20.2 Å². The van der Waals surface area contributed by atoms with Gasteiger partial charge in [-0.2, -0.15) is 0 Å². The molecule has 0 spiro atoms. The molecule has 0 aromatic heterocycles. The number of hydrogen-bond acceptors (Lipinski definition) is 4. The van der Waals surface area contributed by atoms with Crippen LogP contribution >= 0.6 is 0 Å². The van der Waals surface area contributed by atoms with Crippen LogP contribution in [-0.2, 0) is 22.5 Å². The predicted octanol–water partition coefficient (Wildman–Crippen LogP) is 1.99. The first-order valence-electron chi connectivity index (χ1n) is 7.70. The number of hydrogen-bond donors (Lipinski definition) is 1. The van der Waals surface area contributed by atoms with Crippen LogP contribution in [0.4, 0.5) is 0 Å². The summed E-state index contributed by atoms with van der Waals surface area (Å²) in [6.07, 6.45) is 1.75. The Balaban J connectivity index is 1.88. The number of aliphatic hydroxyl groups excluding tert-OH is 1. The zero-order valence-corrected chi connectivity index (χ0v) is 12.9. The van der Waals surface area contributed by atoms with Gasteiger partial charge in [-0.25, -0.2) is 4.79 Å². The third-order valence-electron chi connectivity index (χ3n) is 4.41. The summed E-state index contributed by atoms with van der Waals surface area (Å²) < 4.78 is 4.62. The van der Waals surface area contributed by atoms with Gasteiger partial charge in [0.2, 0.25) is 0 Å². The Labute approximate surface area is 126 Å². The average molecular weight is 291 g/mol. The average Bonchev–Trinajstić information content (AvgIpc) is 2.54. The number of carbonyl (C=O) groups is 1. The lowest BCUT2D eigenvalue weighted by Crippen LogP contribution is -2.40. The molecule has 0 aliphatic carbocycles. The van der Waals surface area contributed by atoms with Gasteiger partial charge in [-0.1, -0.05) is 31.2 Å². The van der Waals surface area contributed by atoms with E-state index in [0.29, 0.717) is 0 Å². The second-order valence-corrected chi connectivity index (χ2v) is 5.70. The van der Waals surface area contributed by atoms with Gasteiger partial charge in [0.25, 0.3) is 0 Å². The summed E-state index contributed by atoms with van der Waals surface area (Å²) >= 11 is 0. The van der Waals surface area contributed by atoms with Crippen LogP contribution in [-0.4, -0.2) is 42.3 Å². The van der Waals surface area contributed by atoms with Crippen molar-refractivity contribution in [1.82, 2.24) is 4.90 Å². The van der Waals surface area contributed by atoms with Crippen molar-refractivity contribution in [3.8, 4) is 0 Å². The number of ether oxygens (including phenoxy) is 1. The molecule has 0 amide bonds. The lowest BCUT2D eigenvalue weighted by molar-refractivity contribution is -0.154. The summed E-state index contributed by atoms with van der Waals surface area (Å²) in [6.45, 7) is 4.95. The quantitative estimate of drug-likeness (QED) is 0.843. The molecule has 4 heteroatoms. The normalized spacial score (nSPS) is 18.4. The highest BCUT2D eigenvalue weighted by atomic mass is 16.5. The van der Waals surface area contributed by atoms with E-state index in [1.807, 2.05) is 0 Å². The summed E-state index contributed by atoms with van der Waals surface area (Å²) in [5, 5.41) is 9.91. The number of carbonyl (C=O) groups excluding carboxylic acids is 1. The molecular weight excluding hydrogens is 266 g/mol. The maximum absolute atomic E-state index is 11.4. The standard InChI is InChI=1S/C17H25NO3/c1-3-13-6-4-5-7-15(13)12-18-10-8-14(9-11-18)16(19)17(20)21-2/h4-7,14,16,19H,3,8-12H2,1-2H3. The zero-order chi connectivity index (χ0) is 15.2. The van der Waals surface area contributed by atoms with E-state index >= 15 is 0 Å². The monoisotopic (exact) mass is 291 g/mol. The predicted molar refractivity (Wildman–Crippen MR) is 81.8 cm³/mol. The molecule has 1 aromatic rings. The topological polar surface area (TPSA) is 49.8 Å². The van der Waals surface area contributed by atoms with Gasteiger partial charge in [-0.3, -0.25) is 4.90 Å². The number of methoxy groups -OCH3 is 1. The fourth-order valence-electron chi connectivity index (χ4n) is 3.04. The highest BCUT2D eigenvalue weighted by Crippen LogP contribution is 2.23. The minimum Gasteiger partial charge on any atom is -0.467 e. The first-order chi connectivity index (χ1) is 10.2. The van der Waals surface area contributed by atoms with E-state index in [0.717, 1.165) is 38.9 Å². The smallest absolute Gasteiger partial charge is 0.334 e. The maximum atomic E-state index is 11.4. The summed E-state index contributed by atoms with van der Waals surface area (Å²) in [5.41, 5.74) is 2.78. The van der Waals surface area contributed by atoms with Gasteiger partial charge in [0, 0.05) is 6.54 Å². The summed E-state index contributed by atoms with van der Waals surface area (Å²) in [6, 6.07) is 8.54. The largest absolute Gasteiger partial charge is 0.467 e. The van der Waals surface area contributed by atoms with E-state index in [2.05, 4.69) is 40.8 Å². The summed E-state index contributed by atoms with van der Waals surface area (Å²) in [5.74, 6) is -0.486. The Morgan fingerprint density at radius 2 is 1.95 bits per heavy atom. The molecule has 1 saturated heterocycles. The van der Waals surface area contributed by atoms with Gasteiger partial charge in [-0.15, -0.1) is 0 Å². The molecule has 116 valence electrons. The molecule has 1 aliphatic rings. The highest BCUT2D eigenvalue weighted by Gasteiger charge is 2.30. The molecule has 1 aromatic carbocycles. The minimum absolute atomic E-state index is 0.0233. The molecule has 0 bridgehead atoms. The van der Waals surface area contributed by atoms with Gasteiger partial charge in [-0.05, 0) is 49.4 Å². The third kappa shape index (κ3) is 4.05. The number of aliphatic hydroxyl groups is 1. The first-order valence-corrected chi connectivity index (χ1v) is 7.70. The first kappa shape index (κ1) is 16.0. The molecule has 0 radical (unpaired) electrons. The van der Waals surface area contributed by atoms with Crippen LogP contribution < -0.4 is 0 Å². The molecule has 1 N–H and O–H groups in total. The van der Waals surface area contributed by atoms with Gasteiger partial charge in [0.05, 0.1) is 7.11 Å². The van der Waals surface area contributed by atoms with E-state index in [1.54, 1.807) is 0 Å². The van der Waals surface area contributed by atoms with Gasteiger partial charge in [0.1, 0.15) is 0 Å². The second kappa shape index (κ2) is 7.57. The van der Waals surface area contributed by atoms with E-state index in [-0.39, 0.29) is 5.92 Å². The molecule has 0 saturated carbocycles. The molecule has 1 aliphatic heterocycles. The lowest BCUT2D eigenvalue weighted by Gasteiger charge is -2.33. The fraction of sp³-hybridized carbons (Fsp3) is 0.588. The van der Waals surface area contributed by atoms with Gasteiger partial charge >= 0.3 is 5.97 Å². The fourth-order valence-corrected chi connectivity index (χ4v) is 3.04. The Morgan fingerprint density at radius 1 is 1.33 bits per heavy atom. The van der Waals surface area contributed by atoms with Crippen molar-refractivity contribution in [2.24, 2.45) is 5.92 Å². The van der Waals surface area contributed by atoms with Crippen LogP contribution in [0.5, 0.6) is 0 Å². The Bertz CT molecular complexity index is 467. The van der Waals surface area contributed by atoms with Crippen LogP contribution in [0.3, 0.4) is 0 Å². The second-order valence-electron chi connectivity index (χ2n) is 5.70. The van der Waals surface area contributed by atoms with E-state index in [9.17, 15) is 9.90 Å². The van der Waals surface area contributed by atoms with Crippen LogP contribution in [0.25, 0.3) is 0 Å². The number of benzene rings is 1. The highest BCUT2D eigenvalue weighted by molar-refractivity contribution is 5.74. The Kier molecular flexibility index (Phi) is 5.76. The number of aryl methyl sites for hydroxylation is 1. The number of likely N-dealkylation sites (tertiary alicyclic amines) is 1. The van der Waals surface area contributed by atoms with Crippen LogP contribution in [0, 0.1) is 5.92 Å². The van der Waals surface area contributed by atoms with Crippen LogP contribution in [0.2, 0.25) is 0 Å².